The Labute approximate surface area is 159 Å². The number of aromatic nitrogens is 4. The van der Waals surface area contributed by atoms with Gasteiger partial charge >= 0.3 is 0 Å². The monoisotopic (exact) mass is 365 g/mol. The van der Waals surface area contributed by atoms with E-state index in [1.807, 2.05) is 25.3 Å². The zero-order chi connectivity index (χ0) is 19.0. The molecule has 0 radical (unpaired) electrons. The van der Waals surface area contributed by atoms with Crippen molar-refractivity contribution in [1.29, 1.82) is 0 Å². The number of pyridine rings is 1. The van der Waals surface area contributed by atoms with E-state index in [0.29, 0.717) is 12.0 Å². The maximum atomic E-state index is 12.4. The molecule has 1 saturated heterocycles. The van der Waals surface area contributed by atoms with Gasteiger partial charge in [-0.15, -0.1) is 0 Å². The molecule has 0 N–H and O–H groups in total. The van der Waals surface area contributed by atoms with Gasteiger partial charge < -0.3 is 4.57 Å². The molecular weight excluding hydrogens is 338 g/mol. The smallest absolute Gasteiger partial charge is 0.258 e. The number of rotatable bonds is 4. The van der Waals surface area contributed by atoms with Crippen molar-refractivity contribution >= 4 is 5.65 Å². The average molecular weight is 365 g/mol. The van der Waals surface area contributed by atoms with Gasteiger partial charge in [0, 0.05) is 43.2 Å². The molecule has 27 heavy (non-hydrogen) atoms. The van der Waals surface area contributed by atoms with E-state index < -0.39 is 0 Å². The molecule has 0 aliphatic carbocycles. The zero-order valence-corrected chi connectivity index (χ0v) is 16.3. The number of aryl methyl sites for hydroxylation is 1. The number of hydrogen-bond donors (Lipinski definition) is 0. The molecule has 0 spiro atoms. The quantitative estimate of drug-likeness (QED) is 0.713. The molecule has 0 atom stereocenters. The molecule has 3 aromatic rings. The SMILES string of the molecule is Cc1cccn2c(=O)cc(CN3CCC(c4nccn4C(C)C)CC3)nc12. The first kappa shape index (κ1) is 17.9. The normalized spacial score (nSPS) is 16.4. The summed E-state index contributed by atoms with van der Waals surface area (Å²) in [5.41, 5.74) is 2.63. The third-order valence-electron chi connectivity index (χ3n) is 5.53. The van der Waals surface area contributed by atoms with Gasteiger partial charge in [0.25, 0.3) is 5.56 Å². The van der Waals surface area contributed by atoms with Crippen LogP contribution in [0.3, 0.4) is 0 Å². The van der Waals surface area contributed by atoms with Crippen LogP contribution in [0.5, 0.6) is 0 Å². The number of imidazole rings is 1. The maximum absolute atomic E-state index is 12.4. The summed E-state index contributed by atoms with van der Waals surface area (Å²) in [7, 11) is 0. The van der Waals surface area contributed by atoms with Crippen LogP contribution in [0.4, 0.5) is 0 Å². The Balaban J connectivity index is 1.47. The van der Waals surface area contributed by atoms with E-state index in [0.717, 1.165) is 49.4 Å². The lowest BCUT2D eigenvalue weighted by Gasteiger charge is -2.32. The summed E-state index contributed by atoms with van der Waals surface area (Å²) in [5, 5.41) is 0. The Hall–Kier alpha value is -2.47. The number of fused-ring (bicyclic) bond motifs is 1. The van der Waals surface area contributed by atoms with Gasteiger partial charge in [-0.1, -0.05) is 6.07 Å². The van der Waals surface area contributed by atoms with E-state index >= 15 is 0 Å². The van der Waals surface area contributed by atoms with Crippen LogP contribution in [-0.2, 0) is 6.54 Å². The molecule has 6 heteroatoms. The van der Waals surface area contributed by atoms with Crippen molar-refractivity contribution in [3.05, 3.63) is 64.2 Å². The van der Waals surface area contributed by atoms with Gasteiger partial charge in [0.2, 0.25) is 0 Å². The predicted molar refractivity (Wildman–Crippen MR) is 106 cm³/mol. The molecule has 6 nitrogen and oxygen atoms in total. The van der Waals surface area contributed by atoms with Crippen LogP contribution in [0.15, 0.2) is 41.6 Å². The lowest BCUT2D eigenvalue weighted by molar-refractivity contribution is 0.197. The summed E-state index contributed by atoms with van der Waals surface area (Å²) < 4.78 is 3.91. The van der Waals surface area contributed by atoms with Crippen molar-refractivity contribution in [2.75, 3.05) is 13.1 Å². The van der Waals surface area contributed by atoms with Crippen molar-refractivity contribution in [2.24, 2.45) is 0 Å². The first-order valence-electron chi connectivity index (χ1n) is 9.76. The first-order chi connectivity index (χ1) is 13.0. The molecular formula is C21H27N5O. The van der Waals surface area contributed by atoms with Gasteiger partial charge in [-0.05, 0) is 58.3 Å². The molecule has 0 unspecified atom stereocenters. The minimum atomic E-state index is -0.00690. The molecule has 1 aliphatic heterocycles. The van der Waals surface area contributed by atoms with Gasteiger partial charge in [0.05, 0.1) is 5.69 Å². The fraction of sp³-hybridized carbons (Fsp3) is 0.476. The highest BCUT2D eigenvalue weighted by Gasteiger charge is 2.24. The molecule has 142 valence electrons. The molecule has 1 aliphatic rings. The van der Waals surface area contributed by atoms with E-state index in [1.165, 1.54) is 5.82 Å². The Bertz CT molecular complexity index is 995. The summed E-state index contributed by atoms with van der Waals surface area (Å²) in [6, 6.07) is 5.99. The molecule has 4 rings (SSSR count). The van der Waals surface area contributed by atoms with Crippen LogP contribution in [0, 0.1) is 6.92 Å². The highest BCUT2D eigenvalue weighted by atomic mass is 16.1. The number of likely N-dealkylation sites (tertiary alicyclic amines) is 1. The van der Waals surface area contributed by atoms with Crippen LogP contribution in [0.2, 0.25) is 0 Å². The van der Waals surface area contributed by atoms with Gasteiger partial charge in [0.1, 0.15) is 11.5 Å². The molecule has 0 amide bonds. The lowest BCUT2D eigenvalue weighted by Crippen LogP contribution is -2.34. The maximum Gasteiger partial charge on any atom is 0.258 e. The summed E-state index contributed by atoms with van der Waals surface area (Å²) >= 11 is 0. The van der Waals surface area contributed by atoms with E-state index in [4.69, 9.17) is 4.98 Å². The van der Waals surface area contributed by atoms with Crippen LogP contribution >= 0.6 is 0 Å². The number of nitrogens with zero attached hydrogens (tertiary/aromatic N) is 5. The molecule has 3 aromatic heterocycles. The minimum Gasteiger partial charge on any atom is -0.332 e. The predicted octanol–water partition coefficient (Wildman–Crippen LogP) is 3.16. The van der Waals surface area contributed by atoms with Crippen molar-refractivity contribution in [3.8, 4) is 0 Å². The van der Waals surface area contributed by atoms with Crippen molar-refractivity contribution < 1.29 is 0 Å². The summed E-state index contributed by atoms with van der Waals surface area (Å²) in [5.74, 6) is 1.72. The standard InChI is InChI=1S/C21H27N5O/c1-15(2)25-12-8-22-21(25)17-6-10-24(11-7-17)14-18-13-19(27)26-9-4-5-16(3)20(26)23-18/h4-5,8-9,12-13,15,17H,6-7,10-11,14H2,1-3H3. The van der Waals surface area contributed by atoms with Crippen LogP contribution in [0.1, 0.15) is 55.7 Å². The summed E-state index contributed by atoms with van der Waals surface area (Å²) in [6.45, 7) is 9.13. The third kappa shape index (κ3) is 3.54. The van der Waals surface area contributed by atoms with E-state index in [1.54, 1.807) is 16.7 Å². The Morgan fingerprint density at radius 1 is 1.22 bits per heavy atom. The van der Waals surface area contributed by atoms with Gasteiger partial charge in [-0.25, -0.2) is 9.97 Å². The molecule has 1 fully saturated rings. The second-order valence-corrected chi connectivity index (χ2v) is 7.81. The number of piperidine rings is 1. The van der Waals surface area contributed by atoms with E-state index in [2.05, 4.69) is 34.5 Å². The average Bonchev–Trinajstić information content (AvgIpc) is 3.13. The Morgan fingerprint density at radius 2 is 2.00 bits per heavy atom. The lowest BCUT2D eigenvalue weighted by atomic mass is 9.95. The van der Waals surface area contributed by atoms with Crippen LogP contribution < -0.4 is 5.56 Å². The van der Waals surface area contributed by atoms with Gasteiger partial charge in [-0.2, -0.15) is 0 Å². The molecule has 0 saturated carbocycles. The third-order valence-corrected chi connectivity index (χ3v) is 5.53. The molecule has 0 bridgehead atoms. The van der Waals surface area contributed by atoms with Crippen LogP contribution in [-0.4, -0.2) is 36.9 Å². The summed E-state index contributed by atoms with van der Waals surface area (Å²) in [4.78, 5) is 24.1. The minimum absolute atomic E-state index is 0.00690. The van der Waals surface area contributed by atoms with Gasteiger partial charge in [0.15, 0.2) is 0 Å². The number of hydrogen-bond acceptors (Lipinski definition) is 4. The fourth-order valence-electron chi connectivity index (χ4n) is 4.05. The van der Waals surface area contributed by atoms with Crippen molar-refractivity contribution in [1.82, 2.24) is 23.8 Å². The molecule has 0 aromatic carbocycles. The van der Waals surface area contributed by atoms with Crippen molar-refractivity contribution in [3.63, 3.8) is 0 Å². The van der Waals surface area contributed by atoms with Gasteiger partial charge in [-0.3, -0.25) is 14.1 Å². The fourth-order valence-corrected chi connectivity index (χ4v) is 4.05. The topological polar surface area (TPSA) is 55.4 Å². The highest BCUT2D eigenvalue weighted by Crippen LogP contribution is 2.29. The summed E-state index contributed by atoms with van der Waals surface area (Å²) in [6.07, 6.45) is 7.96. The Morgan fingerprint density at radius 3 is 2.74 bits per heavy atom. The second-order valence-electron chi connectivity index (χ2n) is 7.81. The Kier molecular flexibility index (Phi) is 4.83. The van der Waals surface area contributed by atoms with Crippen LogP contribution in [0.25, 0.3) is 5.65 Å². The second kappa shape index (κ2) is 7.27. The first-order valence-corrected chi connectivity index (χ1v) is 9.76. The van der Waals surface area contributed by atoms with E-state index in [-0.39, 0.29) is 5.56 Å². The largest absolute Gasteiger partial charge is 0.332 e. The van der Waals surface area contributed by atoms with Crippen molar-refractivity contribution in [2.45, 2.75) is 52.1 Å². The van der Waals surface area contributed by atoms with E-state index in [9.17, 15) is 4.79 Å². The zero-order valence-electron chi connectivity index (χ0n) is 16.3. The highest BCUT2D eigenvalue weighted by molar-refractivity contribution is 5.46. The molecule has 4 heterocycles.